The van der Waals surface area contributed by atoms with E-state index in [1.165, 1.54) is 18.4 Å². The number of thiazole rings is 1. The van der Waals surface area contributed by atoms with Crippen molar-refractivity contribution in [1.29, 1.82) is 0 Å². The lowest BCUT2D eigenvalue weighted by molar-refractivity contribution is -0.145. The molecule has 0 spiro atoms. The van der Waals surface area contributed by atoms with Crippen molar-refractivity contribution in [2.24, 2.45) is 0 Å². The number of esters is 1. The zero-order chi connectivity index (χ0) is 19.4. The van der Waals surface area contributed by atoms with Crippen molar-refractivity contribution >= 4 is 50.2 Å². The van der Waals surface area contributed by atoms with Crippen molar-refractivity contribution < 1.29 is 19.1 Å². The highest BCUT2D eigenvalue weighted by Gasteiger charge is 2.26. The molecule has 1 aliphatic rings. The van der Waals surface area contributed by atoms with Crippen LogP contribution in [0.25, 0.3) is 0 Å². The number of carbonyl (C=O) groups excluding carboxylic acids is 3. The van der Waals surface area contributed by atoms with Gasteiger partial charge in [-0.05, 0) is 24.1 Å². The highest BCUT2D eigenvalue weighted by atomic mass is 79.9. The largest absolute Gasteiger partial charge is 0.467 e. The maximum Gasteiger partial charge on any atom is 0.333 e. The van der Waals surface area contributed by atoms with Crippen LogP contribution in [-0.2, 0) is 25.5 Å². The van der Waals surface area contributed by atoms with E-state index < -0.39 is 12.0 Å². The molecular weight excluding hydrogens is 434 g/mol. The highest BCUT2D eigenvalue weighted by molar-refractivity contribution is 9.10. The first-order chi connectivity index (χ1) is 13.0. The Hall–Kier alpha value is -2.26. The monoisotopic (exact) mass is 451 g/mol. The van der Waals surface area contributed by atoms with Crippen molar-refractivity contribution in [2.45, 2.75) is 25.3 Å². The first-order valence-corrected chi connectivity index (χ1v) is 10.0. The number of ether oxygens (including phenoxy) is 1. The second kappa shape index (κ2) is 8.62. The van der Waals surface area contributed by atoms with E-state index in [0.29, 0.717) is 29.4 Å². The number of nitrogens with zero attached hydrogens (tertiary/aromatic N) is 2. The molecular formula is C18H18BrN3O4S. The van der Waals surface area contributed by atoms with Crippen LogP contribution in [0.3, 0.4) is 0 Å². The van der Waals surface area contributed by atoms with Gasteiger partial charge in [-0.2, -0.15) is 0 Å². The molecule has 2 amide bonds. The van der Waals surface area contributed by atoms with Gasteiger partial charge in [-0.3, -0.25) is 14.5 Å². The number of halogens is 1. The fraction of sp³-hybridized carbons (Fsp3) is 0.333. The maximum atomic E-state index is 12.4. The van der Waals surface area contributed by atoms with Gasteiger partial charge in [-0.25, -0.2) is 9.78 Å². The van der Waals surface area contributed by atoms with Crippen LogP contribution in [0.4, 0.5) is 5.13 Å². The normalized spacial score (nSPS) is 14.9. The van der Waals surface area contributed by atoms with Gasteiger partial charge in [0.2, 0.25) is 11.8 Å². The van der Waals surface area contributed by atoms with Gasteiger partial charge in [0, 0.05) is 22.8 Å². The maximum absolute atomic E-state index is 12.4. The Morgan fingerprint density at radius 3 is 2.74 bits per heavy atom. The summed E-state index contributed by atoms with van der Waals surface area (Å²) < 4.78 is 5.68. The summed E-state index contributed by atoms with van der Waals surface area (Å²) in [5.74, 6) is -0.841. The molecule has 1 fully saturated rings. The van der Waals surface area contributed by atoms with Gasteiger partial charge in [0.15, 0.2) is 11.2 Å². The highest BCUT2D eigenvalue weighted by Crippen LogP contribution is 2.25. The lowest BCUT2D eigenvalue weighted by atomic mass is 10.1. The molecule has 1 saturated heterocycles. The van der Waals surface area contributed by atoms with E-state index in [2.05, 4.69) is 26.2 Å². The summed E-state index contributed by atoms with van der Waals surface area (Å²) >= 11 is 4.68. The number of amides is 2. The number of benzene rings is 1. The van der Waals surface area contributed by atoms with Crippen LogP contribution in [0.5, 0.6) is 0 Å². The van der Waals surface area contributed by atoms with Crippen LogP contribution in [0.1, 0.15) is 30.1 Å². The average Bonchev–Trinajstić information content (AvgIpc) is 3.28. The molecule has 3 rings (SSSR count). The molecule has 0 aliphatic carbocycles. The summed E-state index contributed by atoms with van der Waals surface area (Å²) in [7, 11) is 1.28. The summed E-state index contributed by atoms with van der Waals surface area (Å²) in [6.07, 6.45) is 1.37. The summed E-state index contributed by atoms with van der Waals surface area (Å²) in [5, 5.41) is 5.06. The van der Waals surface area contributed by atoms with Crippen LogP contribution >= 0.6 is 27.3 Å². The molecule has 142 valence electrons. The first-order valence-electron chi connectivity index (χ1n) is 8.35. The third-order valence-electron chi connectivity index (χ3n) is 4.13. The predicted octanol–water partition coefficient (Wildman–Crippen LogP) is 2.61. The molecule has 9 heteroatoms. The van der Waals surface area contributed by atoms with E-state index in [-0.39, 0.29) is 18.2 Å². The van der Waals surface area contributed by atoms with Crippen molar-refractivity contribution in [1.82, 2.24) is 10.3 Å². The summed E-state index contributed by atoms with van der Waals surface area (Å²) in [5.41, 5.74) is 1.19. The lowest BCUT2D eigenvalue weighted by Gasteiger charge is -2.16. The third kappa shape index (κ3) is 4.72. The van der Waals surface area contributed by atoms with E-state index in [1.54, 1.807) is 34.5 Å². The smallest absolute Gasteiger partial charge is 0.333 e. The summed E-state index contributed by atoms with van der Waals surface area (Å²) in [6.45, 7) is 0.659. The van der Waals surface area contributed by atoms with Gasteiger partial charge in [0.1, 0.15) is 0 Å². The van der Waals surface area contributed by atoms with Gasteiger partial charge in [0.25, 0.3) is 0 Å². The van der Waals surface area contributed by atoms with E-state index in [9.17, 15) is 14.4 Å². The number of methoxy groups -OCH3 is 1. The van der Waals surface area contributed by atoms with Crippen molar-refractivity contribution in [3.8, 4) is 0 Å². The number of hydrogen-bond acceptors (Lipinski definition) is 6. The van der Waals surface area contributed by atoms with Crippen LogP contribution in [0.15, 0.2) is 34.1 Å². The fourth-order valence-electron chi connectivity index (χ4n) is 2.78. The molecule has 0 saturated carbocycles. The molecule has 1 aromatic carbocycles. The van der Waals surface area contributed by atoms with Crippen LogP contribution in [0, 0.1) is 0 Å². The molecule has 1 aromatic heterocycles. The van der Waals surface area contributed by atoms with Crippen LogP contribution < -0.4 is 10.2 Å². The van der Waals surface area contributed by atoms with E-state index in [1.807, 2.05) is 0 Å². The molecule has 1 N–H and O–H groups in total. The molecule has 1 aliphatic heterocycles. The Morgan fingerprint density at radius 2 is 2.11 bits per heavy atom. The number of nitrogens with one attached hydrogen (secondary N) is 1. The quantitative estimate of drug-likeness (QED) is 0.681. The molecule has 0 radical (unpaired) electrons. The third-order valence-corrected chi connectivity index (χ3v) is 5.57. The molecule has 1 atom stereocenters. The van der Waals surface area contributed by atoms with E-state index >= 15 is 0 Å². The summed E-state index contributed by atoms with van der Waals surface area (Å²) in [4.78, 5) is 42.4. The molecule has 7 nitrogen and oxygen atoms in total. The first kappa shape index (κ1) is 19.5. The van der Waals surface area contributed by atoms with Gasteiger partial charge in [-0.15, -0.1) is 11.3 Å². The van der Waals surface area contributed by atoms with Gasteiger partial charge in [-0.1, -0.05) is 28.1 Å². The SMILES string of the molecule is COC(=O)C(NC(=O)Cc1csc(N2CCCC2=O)n1)c1ccc(Br)cc1. The van der Waals surface area contributed by atoms with Crippen molar-refractivity contribution in [3.05, 3.63) is 45.4 Å². The Kier molecular flexibility index (Phi) is 6.22. The topological polar surface area (TPSA) is 88.6 Å². The minimum absolute atomic E-state index is 0.0164. The van der Waals surface area contributed by atoms with Crippen molar-refractivity contribution in [2.75, 3.05) is 18.6 Å². The number of hydrogen-bond donors (Lipinski definition) is 1. The number of aromatic nitrogens is 1. The van der Waals surface area contributed by atoms with E-state index in [4.69, 9.17) is 4.74 Å². The number of carbonyl (C=O) groups is 3. The van der Waals surface area contributed by atoms with Crippen LogP contribution in [-0.4, -0.2) is 36.4 Å². The fourth-order valence-corrected chi connectivity index (χ4v) is 3.91. The zero-order valence-electron chi connectivity index (χ0n) is 14.6. The molecule has 1 unspecified atom stereocenters. The molecule has 2 aromatic rings. The Labute approximate surface area is 168 Å². The zero-order valence-corrected chi connectivity index (χ0v) is 17.0. The second-order valence-electron chi connectivity index (χ2n) is 6.02. The Bertz CT molecular complexity index is 853. The van der Waals surface area contributed by atoms with Crippen molar-refractivity contribution in [3.63, 3.8) is 0 Å². The second-order valence-corrected chi connectivity index (χ2v) is 7.77. The van der Waals surface area contributed by atoms with Gasteiger partial charge in [0.05, 0.1) is 19.2 Å². The number of anilines is 1. The molecule has 27 heavy (non-hydrogen) atoms. The lowest BCUT2D eigenvalue weighted by Crippen LogP contribution is -2.35. The Morgan fingerprint density at radius 1 is 1.37 bits per heavy atom. The van der Waals surface area contributed by atoms with Crippen LogP contribution in [0.2, 0.25) is 0 Å². The predicted molar refractivity (Wildman–Crippen MR) is 104 cm³/mol. The number of rotatable bonds is 6. The Balaban J connectivity index is 1.67. The van der Waals surface area contributed by atoms with Gasteiger partial charge < -0.3 is 10.1 Å². The van der Waals surface area contributed by atoms with Gasteiger partial charge >= 0.3 is 5.97 Å². The minimum atomic E-state index is -0.895. The molecule has 0 bridgehead atoms. The molecule has 2 heterocycles. The minimum Gasteiger partial charge on any atom is -0.467 e. The standard InChI is InChI=1S/C18H18BrN3O4S/c1-26-17(25)16(11-4-6-12(19)7-5-11)21-14(23)9-13-10-27-18(20-13)22-8-2-3-15(22)24/h4-7,10,16H,2-3,8-9H2,1H3,(H,21,23). The average molecular weight is 452 g/mol. The summed E-state index contributed by atoms with van der Waals surface area (Å²) in [6, 6.07) is 6.17. The van der Waals surface area contributed by atoms with E-state index in [0.717, 1.165) is 10.9 Å².